The van der Waals surface area contributed by atoms with Crippen LogP contribution in [0.2, 0.25) is 0 Å². The minimum atomic E-state index is 0.0543. The maximum atomic E-state index is 5.78. The van der Waals surface area contributed by atoms with E-state index in [0.29, 0.717) is 18.5 Å². The first kappa shape index (κ1) is 17.0. The molecule has 0 unspecified atom stereocenters. The van der Waals surface area contributed by atoms with Gasteiger partial charge in [0.15, 0.2) is 0 Å². The number of unbranched alkanes of at least 4 members (excludes halogenated alkanes) is 2. The van der Waals surface area contributed by atoms with Gasteiger partial charge in [0, 0.05) is 18.6 Å². The van der Waals surface area contributed by atoms with E-state index in [9.17, 15) is 0 Å². The maximum absolute atomic E-state index is 5.78. The molecule has 0 atom stereocenters. The van der Waals surface area contributed by atoms with Gasteiger partial charge in [-0.3, -0.25) is 0 Å². The maximum Gasteiger partial charge on any atom is 0.318 e. The van der Waals surface area contributed by atoms with E-state index in [-0.39, 0.29) is 5.54 Å². The molecule has 116 valence electrons. The van der Waals surface area contributed by atoms with Crippen LogP contribution < -0.4 is 10.2 Å². The van der Waals surface area contributed by atoms with E-state index in [2.05, 4.69) is 55.0 Å². The third kappa shape index (κ3) is 6.37. The predicted octanol–water partition coefficient (Wildman–Crippen LogP) is 3.36. The van der Waals surface area contributed by atoms with Crippen molar-refractivity contribution in [1.82, 2.24) is 15.5 Å². The van der Waals surface area contributed by atoms with Crippen LogP contribution in [0.3, 0.4) is 0 Å². The second kappa shape index (κ2) is 8.25. The minimum Gasteiger partial charge on any atom is -0.407 e. The van der Waals surface area contributed by atoms with E-state index >= 15 is 0 Å². The van der Waals surface area contributed by atoms with Crippen molar-refractivity contribution in [2.45, 2.75) is 72.4 Å². The van der Waals surface area contributed by atoms with Crippen molar-refractivity contribution in [3.8, 4) is 0 Å². The van der Waals surface area contributed by atoms with E-state index < -0.39 is 0 Å². The first-order chi connectivity index (χ1) is 9.46. The van der Waals surface area contributed by atoms with Crippen LogP contribution in [0, 0.1) is 0 Å². The van der Waals surface area contributed by atoms with Crippen molar-refractivity contribution < 1.29 is 4.42 Å². The fraction of sp³-hybridized carbons (Fsp3) is 0.867. The Morgan fingerprint density at radius 3 is 2.15 bits per heavy atom. The summed E-state index contributed by atoms with van der Waals surface area (Å²) in [5, 5.41) is 11.7. The van der Waals surface area contributed by atoms with Gasteiger partial charge in [0.1, 0.15) is 0 Å². The molecule has 0 saturated carbocycles. The lowest BCUT2D eigenvalue weighted by molar-refractivity contribution is 0.380. The molecular formula is C15H30N4O. The number of hydrogen-bond acceptors (Lipinski definition) is 5. The summed E-state index contributed by atoms with van der Waals surface area (Å²) in [5.41, 5.74) is 0.0543. The lowest BCUT2D eigenvalue weighted by Crippen LogP contribution is -2.35. The predicted molar refractivity (Wildman–Crippen MR) is 82.9 cm³/mol. The lowest BCUT2D eigenvalue weighted by atomic mass is 10.1. The van der Waals surface area contributed by atoms with Crippen molar-refractivity contribution in [2.24, 2.45) is 0 Å². The Hall–Kier alpha value is -1.10. The van der Waals surface area contributed by atoms with Crippen molar-refractivity contribution >= 4 is 6.01 Å². The van der Waals surface area contributed by atoms with Crippen LogP contribution >= 0.6 is 0 Å². The molecule has 1 aromatic heterocycles. The molecule has 0 aromatic carbocycles. The second-order valence-corrected chi connectivity index (χ2v) is 6.28. The van der Waals surface area contributed by atoms with Gasteiger partial charge >= 0.3 is 6.01 Å². The molecule has 0 amide bonds. The van der Waals surface area contributed by atoms with Crippen molar-refractivity contribution in [3.63, 3.8) is 0 Å². The molecule has 0 bridgehead atoms. The molecule has 20 heavy (non-hydrogen) atoms. The van der Waals surface area contributed by atoms with Crippen LogP contribution in [0.5, 0.6) is 0 Å². The Kier molecular flexibility index (Phi) is 6.99. The third-order valence-electron chi connectivity index (χ3n) is 3.06. The Balaban J connectivity index is 2.59. The largest absolute Gasteiger partial charge is 0.407 e. The van der Waals surface area contributed by atoms with Gasteiger partial charge in [0.2, 0.25) is 5.89 Å². The van der Waals surface area contributed by atoms with Gasteiger partial charge in [-0.2, -0.15) is 0 Å². The summed E-state index contributed by atoms with van der Waals surface area (Å²) in [6, 6.07) is 0.664. The zero-order valence-corrected chi connectivity index (χ0v) is 13.7. The molecule has 0 saturated heterocycles. The third-order valence-corrected chi connectivity index (χ3v) is 3.06. The van der Waals surface area contributed by atoms with E-state index in [1.54, 1.807) is 0 Å². The summed E-state index contributed by atoms with van der Waals surface area (Å²) in [6.45, 7) is 13.4. The Bertz CT molecular complexity index is 362. The number of aromatic nitrogens is 2. The summed E-state index contributed by atoms with van der Waals surface area (Å²) in [5.74, 6) is 0.660. The molecule has 0 aliphatic heterocycles. The number of rotatable bonds is 9. The molecule has 0 radical (unpaired) electrons. The van der Waals surface area contributed by atoms with Crippen LogP contribution in [0.1, 0.15) is 66.2 Å². The highest BCUT2D eigenvalue weighted by atomic mass is 16.4. The Labute approximate surface area is 123 Å². The van der Waals surface area contributed by atoms with Crippen molar-refractivity contribution in [1.29, 1.82) is 0 Å². The standard InChI is InChI=1S/C15H30N4O/c1-6-8-10-19(11-9-7-2)14-18-17-13(20-14)12-16-15(3,4)5/h16H,6-12H2,1-5H3. The number of hydrogen-bond donors (Lipinski definition) is 1. The molecule has 0 aliphatic carbocycles. The quantitative estimate of drug-likeness (QED) is 0.752. The molecule has 1 aromatic rings. The van der Waals surface area contributed by atoms with Crippen LogP contribution in [0.15, 0.2) is 4.42 Å². The smallest absolute Gasteiger partial charge is 0.318 e. The number of nitrogens with one attached hydrogen (secondary N) is 1. The molecule has 5 heteroatoms. The summed E-state index contributed by atoms with van der Waals surface area (Å²) >= 11 is 0. The Morgan fingerprint density at radius 2 is 1.65 bits per heavy atom. The molecule has 1 rings (SSSR count). The summed E-state index contributed by atoms with van der Waals surface area (Å²) in [4.78, 5) is 2.21. The van der Waals surface area contributed by atoms with Crippen LogP contribution in [0.4, 0.5) is 6.01 Å². The number of nitrogens with zero attached hydrogens (tertiary/aromatic N) is 3. The molecule has 0 spiro atoms. The molecular weight excluding hydrogens is 252 g/mol. The van der Waals surface area contributed by atoms with Gasteiger partial charge in [0.05, 0.1) is 6.54 Å². The van der Waals surface area contributed by atoms with Crippen molar-refractivity contribution in [2.75, 3.05) is 18.0 Å². The highest BCUT2D eigenvalue weighted by Gasteiger charge is 2.15. The van der Waals surface area contributed by atoms with Crippen LogP contribution in [-0.2, 0) is 6.54 Å². The van der Waals surface area contributed by atoms with E-state index in [1.807, 2.05) is 0 Å². The zero-order valence-electron chi connectivity index (χ0n) is 13.7. The molecule has 0 aliphatic rings. The van der Waals surface area contributed by atoms with E-state index in [1.165, 1.54) is 12.8 Å². The first-order valence-corrected chi connectivity index (χ1v) is 7.78. The van der Waals surface area contributed by atoms with Gasteiger partial charge in [-0.25, -0.2) is 0 Å². The fourth-order valence-corrected chi connectivity index (χ4v) is 1.79. The van der Waals surface area contributed by atoms with Gasteiger partial charge in [0.25, 0.3) is 0 Å². The second-order valence-electron chi connectivity index (χ2n) is 6.28. The SMILES string of the molecule is CCCCN(CCCC)c1nnc(CNC(C)(C)C)o1. The average molecular weight is 282 g/mol. The molecule has 1 N–H and O–H groups in total. The summed E-state index contributed by atoms with van der Waals surface area (Å²) < 4.78 is 5.78. The lowest BCUT2D eigenvalue weighted by Gasteiger charge is -2.20. The number of anilines is 1. The summed E-state index contributed by atoms with van der Waals surface area (Å²) in [7, 11) is 0. The van der Waals surface area contributed by atoms with Gasteiger partial charge in [-0.15, -0.1) is 5.10 Å². The molecule has 1 heterocycles. The fourth-order valence-electron chi connectivity index (χ4n) is 1.79. The van der Waals surface area contributed by atoms with Crippen molar-refractivity contribution in [3.05, 3.63) is 5.89 Å². The normalized spacial score (nSPS) is 11.8. The monoisotopic (exact) mass is 282 g/mol. The van der Waals surface area contributed by atoms with Gasteiger partial charge in [-0.05, 0) is 33.6 Å². The van der Waals surface area contributed by atoms with E-state index in [0.717, 1.165) is 25.9 Å². The summed E-state index contributed by atoms with van der Waals surface area (Å²) in [6.07, 6.45) is 4.66. The first-order valence-electron chi connectivity index (χ1n) is 7.78. The van der Waals surface area contributed by atoms with E-state index in [4.69, 9.17) is 4.42 Å². The van der Waals surface area contributed by atoms with Gasteiger partial charge in [-0.1, -0.05) is 31.8 Å². The van der Waals surface area contributed by atoms with Crippen LogP contribution in [0.25, 0.3) is 0 Å². The molecule has 0 fully saturated rings. The topological polar surface area (TPSA) is 54.2 Å². The highest BCUT2D eigenvalue weighted by molar-refractivity contribution is 5.23. The highest BCUT2D eigenvalue weighted by Crippen LogP contribution is 2.14. The van der Waals surface area contributed by atoms with Crippen LogP contribution in [-0.4, -0.2) is 28.8 Å². The Morgan fingerprint density at radius 1 is 1.05 bits per heavy atom. The minimum absolute atomic E-state index is 0.0543. The average Bonchev–Trinajstić information content (AvgIpc) is 2.84. The zero-order chi connectivity index (χ0) is 15.0. The van der Waals surface area contributed by atoms with Gasteiger partial charge < -0.3 is 14.6 Å². The molecule has 5 nitrogen and oxygen atoms in total.